The van der Waals surface area contributed by atoms with Crippen LogP contribution in [0.4, 0.5) is 0 Å². The molecule has 0 aromatic heterocycles. The summed E-state index contributed by atoms with van der Waals surface area (Å²) < 4.78 is 0. The number of rotatable bonds is 5. The number of hydrogen-bond acceptors (Lipinski definition) is 3. The van der Waals surface area contributed by atoms with Crippen molar-refractivity contribution in [3.8, 4) is 0 Å². The first-order valence-corrected chi connectivity index (χ1v) is 10.3. The van der Waals surface area contributed by atoms with Crippen molar-refractivity contribution < 1.29 is 19.5 Å². The summed E-state index contributed by atoms with van der Waals surface area (Å²) >= 11 is 0. The number of carboxylic acids is 1. The lowest BCUT2D eigenvalue weighted by molar-refractivity contribution is -0.147. The molecule has 2 unspecified atom stereocenters. The van der Waals surface area contributed by atoms with Crippen LogP contribution in [0.5, 0.6) is 0 Å². The van der Waals surface area contributed by atoms with E-state index in [0.717, 1.165) is 25.2 Å². The highest BCUT2D eigenvalue weighted by molar-refractivity contribution is 5.81. The van der Waals surface area contributed by atoms with Gasteiger partial charge in [-0.2, -0.15) is 0 Å². The second-order valence-corrected chi connectivity index (χ2v) is 8.29. The van der Waals surface area contributed by atoms with Gasteiger partial charge in [0.15, 0.2) is 0 Å². The van der Waals surface area contributed by atoms with Crippen LogP contribution in [0.1, 0.15) is 64.2 Å². The number of piperazine rings is 1. The number of carbonyl (C=O) groups is 3. The van der Waals surface area contributed by atoms with E-state index in [1.54, 1.807) is 0 Å². The third-order valence-corrected chi connectivity index (χ3v) is 6.56. The van der Waals surface area contributed by atoms with Gasteiger partial charge >= 0.3 is 5.97 Å². The largest absolute Gasteiger partial charge is 0.481 e. The highest BCUT2D eigenvalue weighted by Crippen LogP contribution is 2.31. The second kappa shape index (κ2) is 8.87. The first kappa shape index (κ1) is 19.2. The molecule has 1 aliphatic heterocycles. The molecule has 2 aliphatic carbocycles. The molecular weight excluding hydrogens is 332 g/mol. The fourth-order valence-corrected chi connectivity index (χ4v) is 4.86. The van der Waals surface area contributed by atoms with Crippen molar-refractivity contribution in [2.24, 2.45) is 17.8 Å². The predicted octanol–water partition coefficient (Wildman–Crippen LogP) is 2.52. The first-order valence-electron chi connectivity index (χ1n) is 10.3. The van der Waals surface area contributed by atoms with E-state index in [2.05, 4.69) is 0 Å². The maximum Gasteiger partial charge on any atom is 0.306 e. The average molecular weight is 364 g/mol. The van der Waals surface area contributed by atoms with Crippen LogP contribution in [0.15, 0.2) is 0 Å². The van der Waals surface area contributed by atoms with E-state index in [9.17, 15) is 19.5 Å². The Bertz CT molecular complexity index is 522. The van der Waals surface area contributed by atoms with Gasteiger partial charge in [0.25, 0.3) is 0 Å². The number of carboxylic acid groups (broad SMARTS) is 1. The van der Waals surface area contributed by atoms with Gasteiger partial charge in [0.2, 0.25) is 11.8 Å². The summed E-state index contributed by atoms with van der Waals surface area (Å²) in [5.74, 6) is -0.261. The fraction of sp³-hybridized carbons (Fsp3) is 0.850. The average Bonchev–Trinajstić information content (AvgIpc) is 3.19. The summed E-state index contributed by atoms with van der Waals surface area (Å²) in [4.78, 5) is 40.1. The lowest BCUT2D eigenvalue weighted by Gasteiger charge is -2.38. The zero-order chi connectivity index (χ0) is 18.5. The van der Waals surface area contributed by atoms with Crippen molar-refractivity contribution in [3.05, 3.63) is 0 Å². The molecule has 1 saturated heterocycles. The molecule has 26 heavy (non-hydrogen) atoms. The van der Waals surface area contributed by atoms with E-state index in [0.29, 0.717) is 45.4 Å². The summed E-state index contributed by atoms with van der Waals surface area (Å²) in [6.45, 7) is 2.40. The third-order valence-electron chi connectivity index (χ3n) is 6.56. The van der Waals surface area contributed by atoms with Crippen LogP contribution >= 0.6 is 0 Å². The Kier molecular flexibility index (Phi) is 6.54. The highest BCUT2D eigenvalue weighted by atomic mass is 16.4. The molecule has 3 aliphatic rings. The van der Waals surface area contributed by atoms with Crippen LogP contribution < -0.4 is 0 Å². The number of carbonyl (C=O) groups excluding carboxylic acids is 2. The van der Waals surface area contributed by atoms with Crippen LogP contribution in [-0.4, -0.2) is 58.9 Å². The Balaban J connectivity index is 1.41. The summed E-state index contributed by atoms with van der Waals surface area (Å²) in [6.07, 6.45) is 9.57. The van der Waals surface area contributed by atoms with Gasteiger partial charge in [0, 0.05) is 38.5 Å². The molecular formula is C20H32N2O4. The van der Waals surface area contributed by atoms with Crippen LogP contribution in [0.2, 0.25) is 0 Å². The van der Waals surface area contributed by atoms with Gasteiger partial charge in [-0.25, -0.2) is 0 Å². The molecule has 146 valence electrons. The van der Waals surface area contributed by atoms with Gasteiger partial charge in [-0.05, 0) is 31.6 Å². The number of hydrogen-bond donors (Lipinski definition) is 1. The SMILES string of the molecule is O=C(O)C1CCCC(C(=O)N2CCN(C(=O)CCC3CCCC3)CC2)C1. The maximum atomic E-state index is 12.7. The molecule has 3 fully saturated rings. The molecule has 0 radical (unpaired) electrons. The molecule has 6 nitrogen and oxygen atoms in total. The molecule has 0 aromatic rings. The molecule has 6 heteroatoms. The van der Waals surface area contributed by atoms with Gasteiger partial charge in [-0.1, -0.05) is 32.1 Å². The van der Waals surface area contributed by atoms with E-state index in [4.69, 9.17) is 0 Å². The Hall–Kier alpha value is -1.59. The van der Waals surface area contributed by atoms with Crippen molar-refractivity contribution in [2.45, 2.75) is 64.2 Å². The minimum absolute atomic E-state index is 0.0917. The van der Waals surface area contributed by atoms with Gasteiger partial charge in [-0.3, -0.25) is 14.4 Å². The smallest absolute Gasteiger partial charge is 0.306 e. The molecule has 2 amide bonds. The van der Waals surface area contributed by atoms with E-state index in [1.807, 2.05) is 9.80 Å². The second-order valence-electron chi connectivity index (χ2n) is 8.29. The quantitative estimate of drug-likeness (QED) is 0.813. The van der Waals surface area contributed by atoms with Crippen LogP contribution in [-0.2, 0) is 14.4 Å². The van der Waals surface area contributed by atoms with Crippen molar-refractivity contribution in [2.75, 3.05) is 26.2 Å². The van der Waals surface area contributed by atoms with Crippen molar-refractivity contribution in [3.63, 3.8) is 0 Å². The monoisotopic (exact) mass is 364 g/mol. The summed E-state index contributed by atoms with van der Waals surface area (Å²) in [5.41, 5.74) is 0. The van der Waals surface area contributed by atoms with Gasteiger partial charge in [0.1, 0.15) is 0 Å². The first-order chi connectivity index (χ1) is 12.5. The zero-order valence-corrected chi connectivity index (χ0v) is 15.7. The Morgan fingerprint density at radius 2 is 1.42 bits per heavy atom. The van der Waals surface area contributed by atoms with Gasteiger partial charge in [-0.15, -0.1) is 0 Å². The van der Waals surface area contributed by atoms with Gasteiger partial charge in [0.05, 0.1) is 5.92 Å². The number of aliphatic carboxylic acids is 1. The minimum Gasteiger partial charge on any atom is -0.481 e. The number of nitrogens with zero attached hydrogens (tertiary/aromatic N) is 2. The predicted molar refractivity (Wildman–Crippen MR) is 97.4 cm³/mol. The van der Waals surface area contributed by atoms with Crippen molar-refractivity contribution >= 4 is 17.8 Å². The zero-order valence-electron chi connectivity index (χ0n) is 15.7. The third kappa shape index (κ3) is 4.77. The molecule has 2 saturated carbocycles. The maximum absolute atomic E-state index is 12.7. The number of amides is 2. The standard InChI is InChI=1S/C20H32N2O4/c23-18(9-8-15-4-1-2-5-15)21-10-12-22(13-11-21)19(24)16-6-3-7-17(14-16)20(25)26/h15-17H,1-14H2,(H,25,26). The summed E-state index contributed by atoms with van der Waals surface area (Å²) in [6, 6.07) is 0. The topological polar surface area (TPSA) is 77.9 Å². The van der Waals surface area contributed by atoms with Crippen LogP contribution in [0.25, 0.3) is 0 Å². The van der Waals surface area contributed by atoms with E-state index < -0.39 is 5.97 Å². The minimum atomic E-state index is -0.778. The molecule has 1 heterocycles. The Labute approximate surface area is 155 Å². The Morgan fingerprint density at radius 1 is 0.808 bits per heavy atom. The fourth-order valence-electron chi connectivity index (χ4n) is 4.86. The molecule has 1 N–H and O–H groups in total. The van der Waals surface area contributed by atoms with E-state index in [-0.39, 0.29) is 23.7 Å². The summed E-state index contributed by atoms with van der Waals surface area (Å²) in [7, 11) is 0. The molecule has 3 rings (SSSR count). The molecule has 0 aromatic carbocycles. The molecule has 2 atom stereocenters. The highest BCUT2D eigenvalue weighted by Gasteiger charge is 2.34. The van der Waals surface area contributed by atoms with Crippen molar-refractivity contribution in [1.29, 1.82) is 0 Å². The lowest BCUT2D eigenvalue weighted by Crippen LogP contribution is -2.52. The normalized spacial score (nSPS) is 27.5. The van der Waals surface area contributed by atoms with Crippen LogP contribution in [0, 0.1) is 17.8 Å². The van der Waals surface area contributed by atoms with Crippen LogP contribution in [0.3, 0.4) is 0 Å². The van der Waals surface area contributed by atoms with Gasteiger partial charge < -0.3 is 14.9 Å². The van der Waals surface area contributed by atoms with Crippen molar-refractivity contribution in [1.82, 2.24) is 9.80 Å². The molecule has 0 bridgehead atoms. The van der Waals surface area contributed by atoms with E-state index >= 15 is 0 Å². The molecule has 0 spiro atoms. The Morgan fingerprint density at radius 3 is 2.08 bits per heavy atom. The summed E-state index contributed by atoms with van der Waals surface area (Å²) in [5, 5.41) is 9.20. The lowest BCUT2D eigenvalue weighted by atomic mass is 9.80. The van der Waals surface area contributed by atoms with E-state index in [1.165, 1.54) is 25.7 Å².